The molecule has 0 aliphatic carbocycles. The molecule has 2 amide bonds. The SMILES string of the molecule is CC(C)(C)OC(N)=O.CCCC[C@H](N)C(=O)N1CCC(N2CCCCC2)CC1. The number of hydrogen-bond donors (Lipinski definition) is 2. The molecule has 2 aliphatic heterocycles. The number of primary amides is 1. The maximum atomic E-state index is 12.3. The molecule has 2 aliphatic rings. The van der Waals surface area contributed by atoms with Crippen molar-refractivity contribution in [1.82, 2.24) is 9.80 Å². The summed E-state index contributed by atoms with van der Waals surface area (Å²) in [6, 6.07) is 0.424. The van der Waals surface area contributed by atoms with E-state index in [4.69, 9.17) is 11.5 Å². The highest BCUT2D eigenvalue weighted by atomic mass is 16.6. The molecule has 7 nitrogen and oxygen atoms in total. The predicted octanol–water partition coefficient (Wildman–Crippen LogP) is 2.86. The Morgan fingerprint density at radius 2 is 1.64 bits per heavy atom. The van der Waals surface area contributed by atoms with Gasteiger partial charge in [0.15, 0.2) is 0 Å². The number of likely N-dealkylation sites (tertiary alicyclic amines) is 2. The van der Waals surface area contributed by atoms with E-state index in [1.807, 2.05) is 4.90 Å². The van der Waals surface area contributed by atoms with Crippen molar-refractivity contribution in [3.05, 3.63) is 0 Å². The number of carbonyl (C=O) groups is 2. The summed E-state index contributed by atoms with van der Waals surface area (Å²) in [5.74, 6) is 0.176. The van der Waals surface area contributed by atoms with Crippen LogP contribution >= 0.6 is 0 Å². The van der Waals surface area contributed by atoms with Crippen molar-refractivity contribution in [2.24, 2.45) is 11.5 Å². The van der Waals surface area contributed by atoms with Crippen molar-refractivity contribution in [2.45, 2.75) is 96.7 Å². The first kappa shape index (κ1) is 24.7. The molecule has 0 radical (unpaired) electrons. The third kappa shape index (κ3) is 9.73. The number of nitrogens with two attached hydrogens (primary N) is 2. The van der Waals surface area contributed by atoms with Gasteiger partial charge in [-0.2, -0.15) is 0 Å². The normalized spacial score (nSPS) is 20.1. The quantitative estimate of drug-likeness (QED) is 0.741. The predicted molar refractivity (Wildman–Crippen MR) is 113 cm³/mol. The average Bonchev–Trinajstić information content (AvgIpc) is 2.65. The molecule has 1 atom stereocenters. The minimum atomic E-state index is -0.725. The first-order valence-electron chi connectivity index (χ1n) is 10.9. The molecular weight excluding hydrogens is 356 g/mol. The molecule has 2 fully saturated rings. The molecule has 7 heteroatoms. The number of carbonyl (C=O) groups excluding carboxylic acids is 2. The van der Waals surface area contributed by atoms with Gasteiger partial charge in [-0.3, -0.25) is 4.79 Å². The Labute approximate surface area is 171 Å². The lowest BCUT2D eigenvalue weighted by molar-refractivity contribution is -0.134. The lowest BCUT2D eigenvalue weighted by Crippen LogP contribution is -2.51. The van der Waals surface area contributed by atoms with Crippen molar-refractivity contribution in [1.29, 1.82) is 0 Å². The third-order valence-corrected chi connectivity index (χ3v) is 5.28. The topological polar surface area (TPSA) is 102 Å². The van der Waals surface area contributed by atoms with Gasteiger partial charge in [0.1, 0.15) is 5.60 Å². The summed E-state index contributed by atoms with van der Waals surface area (Å²) >= 11 is 0. The molecule has 0 unspecified atom stereocenters. The van der Waals surface area contributed by atoms with E-state index in [0.29, 0.717) is 6.04 Å². The van der Waals surface area contributed by atoms with E-state index in [0.717, 1.165) is 45.2 Å². The summed E-state index contributed by atoms with van der Waals surface area (Å²) in [4.78, 5) is 26.9. The second kappa shape index (κ2) is 12.3. The zero-order chi connectivity index (χ0) is 21.2. The first-order chi connectivity index (χ1) is 13.1. The van der Waals surface area contributed by atoms with Crippen molar-refractivity contribution < 1.29 is 14.3 Å². The Morgan fingerprint density at radius 1 is 1.07 bits per heavy atom. The van der Waals surface area contributed by atoms with Gasteiger partial charge in [-0.25, -0.2) is 4.79 Å². The maximum absolute atomic E-state index is 12.3. The van der Waals surface area contributed by atoms with Crippen LogP contribution in [0.2, 0.25) is 0 Å². The van der Waals surface area contributed by atoms with Gasteiger partial charge in [-0.15, -0.1) is 0 Å². The van der Waals surface area contributed by atoms with E-state index in [-0.39, 0.29) is 11.9 Å². The minimum Gasteiger partial charge on any atom is -0.444 e. The van der Waals surface area contributed by atoms with Crippen LogP contribution < -0.4 is 11.5 Å². The number of nitrogens with zero attached hydrogens (tertiary/aromatic N) is 2. The fourth-order valence-electron chi connectivity index (χ4n) is 3.82. The van der Waals surface area contributed by atoms with Crippen LogP contribution in [0.25, 0.3) is 0 Å². The molecule has 28 heavy (non-hydrogen) atoms. The van der Waals surface area contributed by atoms with E-state index < -0.39 is 11.7 Å². The summed E-state index contributed by atoms with van der Waals surface area (Å²) in [6.07, 6.45) is 8.62. The molecule has 0 aromatic carbocycles. The van der Waals surface area contributed by atoms with Crippen LogP contribution in [0.4, 0.5) is 4.79 Å². The highest BCUT2D eigenvalue weighted by Gasteiger charge is 2.29. The van der Waals surface area contributed by atoms with E-state index >= 15 is 0 Å². The van der Waals surface area contributed by atoms with Crippen molar-refractivity contribution in [3.8, 4) is 0 Å². The number of piperidine rings is 2. The molecule has 0 aromatic heterocycles. The molecule has 2 heterocycles. The fraction of sp³-hybridized carbons (Fsp3) is 0.905. The fourth-order valence-corrected chi connectivity index (χ4v) is 3.82. The summed E-state index contributed by atoms with van der Waals surface area (Å²) in [5, 5.41) is 0. The standard InChI is InChI=1S/C16H31N3O.C5H11NO2/c1-2-3-7-15(17)16(20)19-12-8-14(9-13-19)18-10-5-4-6-11-18;1-5(2,3)8-4(6)7/h14-15H,2-13,17H2,1H3;1-3H3,(H2,6,7)/t15-;/m0./s1. The second-order valence-corrected chi connectivity index (χ2v) is 8.94. The number of rotatable bonds is 5. The summed E-state index contributed by atoms with van der Waals surface area (Å²) < 4.78 is 4.58. The number of unbranched alkanes of at least 4 members (excludes halogenated alkanes) is 1. The summed E-state index contributed by atoms with van der Waals surface area (Å²) in [5.41, 5.74) is 10.3. The maximum Gasteiger partial charge on any atom is 0.405 e. The number of ether oxygens (including phenoxy) is 1. The molecule has 4 N–H and O–H groups in total. The van der Waals surface area contributed by atoms with Crippen LogP contribution in [0.3, 0.4) is 0 Å². The third-order valence-electron chi connectivity index (χ3n) is 5.28. The van der Waals surface area contributed by atoms with Gasteiger partial charge >= 0.3 is 6.09 Å². The Hall–Kier alpha value is -1.34. The Balaban J connectivity index is 0.000000416. The van der Waals surface area contributed by atoms with Crippen LogP contribution in [0.1, 0.15) is 79.1 Å². The Morgan fingerprint density at radius 3 is 2.07 bits per heavy atom. The van der Waals surface area contributed by atoms with Crippen molar-refractivity contribution >= 4 is 12.0 Å². The van der Waals surface area contributed by atoms with Crippen LogP contribution in [0.5, 0.6) is 0 Å². The van der Waals surface area contributed by atoms with Crippen LogP contribution in [-0.4, -0.2) is 65.7 Å². The van der Waals surface area contributed by atoms with E-state index in [1.54, 1.807) is 20.8 Å². The lowest BCUT2D eigenvalue weighted by atomic mass is 9.99. The monoisotopic (exact) mass is 398 g/mol. The number of amides is 2. The first-order valence-corrected chi connectivity index (χ1v) is 10.9. The molecule has 0 saturated carbocycles. The van der Waals surface area contributed by atoms with E-state index in [1.165, 1.54) is 32.4 Å². The molecule has 0 aromatic rings. The molecule has 2 rings (SSSR count). The van der Waals surface area contributed by atoms with Crippen LogP contribution in [0.15, 0.2) is 0 Å². The van der Waals surface area contributed by atoms with E-state index in [9.17, 15) is 9.59 Å². The summed E-state index contributed by atoms with van der Waals surface area (Å²) in [6.45, 7) is 11.7. The summed E-state index contributed by atoms with van der Waals surface area (Å²) in [7, 11) is 0. The largest absolute Gasteiger partial charge is 0.444 e. The number of hydrogen-bond acceptors (Lipinski definition) is 5. The molecule has 164 valence electrons. The Bertz CT molecular complexity index is 465. The zero-order valence-corrected chi connectivity index (χ0v) is 18.4. The zero-order valence-electron chi connectivity index (χ0n) is 18.4. The van der Waals surface area contributed by atoms with Gasteiger partial charge in [0, 0.05) is 19.1 Å². The second-order valence-electron chi connectivity index (χ2n) is 8.94. The van der Waals surface area contributed by atoms with Gasteiger partial charge in [-0.1, -0.05) is 26.2 Å². The Kier molecular flexibility index (Phi) is 10.8. The molecular formula is C21H42N4O3. The minimum absolute atomic E-state index is 0.176. The van der Waals surface area contributed by atoms with Gasteiger partial charge in [0.25, 0.3) is 0 Å². The lowest BCUT2D eigenvalue weighted by Gasteiger charge is -2.40. The van der Waals surface area contributed by atoms with Gasteiger partial charge in [-0.05, 0) is 66.0 Å². The average molecular weight is 399 g/mol. The highest BCUT2D eigenvalue weighted by Crippen LogP contribution is 2.21. The van der Waals surface area contributed by atoms with Crippen LogP contribution in [0, 0.1) is 0 Å². The molecule has 2 saturated heterocycles. The van der Waals surface area contributed by atoms with Gasteiger partial charge in [0.2, 0.25) is 5.91 Å². The van der Waals surface area contributed by atoms with Gasteiger partial charge in [0.05, 0.1) is 6.04 Å². The van der Waals surface area contributed by atoms with Crippen LogP contribution in [-0.2, 0) is 9.53 Å². The molecule has 0 spiro atoms. The molecule has 0 bridgehead atoms. The smallest absolute Gasteiger partial charge is 0.405 e. The van der Waals surface area contributed by atoms with Gasteiger partial charge < -0.3 is 26.0 Å². The van der Waals surface area contributed by atoms with Crippen molar-refractivity contribution in [3.63, 3.8) is 0 Å². The van der Waals surface area contributed by atoms with E-state index in [2.05, 4.69) is 16.6 Å². The highest BCUT2D eigenvalue weighted by molar-refractivity contribution is 5.81. The van der Waals surface area contributed by atoms with Crippen molar-refractivity contribution in [2.75, 3.05) is 26.2 Å².